The summed E-state index contributed by atoms with van der Waals surface area (Å²) in [5.41, 5.74) is 7.78. The molecule has 0 bridgehead atoms. The van der Waals surface area contributed by atoms with Gasteiger partial charge in [-0.3, -0.25) is 19.3 Å². The minimum atomic E-state index is -0.954. The first-order valence-corrected chi connectivity index (χ1v) is 41.4. The summed E-state index contributed by atoms with van der Waals surface area (Å²) in [5, 5.41) is 13.6. The van der Waals surface area contributed by atoms with Crippen LogP contribution in [0.5, 0.6) is 0 Å². The van der Waals surface area contributed by atoms with E-state index in [-0.39, 0.29) is 82.8 Å². The zero-order chi connectivity index (χ0) is 74.1. The Morgan fingerprint density at radius 2 is 0.748 bits per heavy atom. The van der Waals surface area contributed by atoms with Crippen molar-refractivity contribution in [3.05, 3.63) is 196 Å². The second kappa shape index (κ2) is 39.0. The van der Waals surface area contributed by atoms with Gasteiger partial charge in [0.25, 0.3) is 0 Å². The SMILES string of the molecule is CC1CCC(C(=O)N(c2cc(-c3ccccc3)sc2C(=O)O)C2CC[NH+](Cc3ccccc3)CC2)CC1.COC(=O)c1sc(-c2ccccc2)cc1N(C(=O)C1CCC(C)CC1)C1CCN(Cc2ccccc2)CC1.COC(=O)c1sc(-c2ccccc2)cc1N(C(=O)C1CCC(C)CC1)C1CCNCC1.[Cl-]. The van der Waals surface area contributed by atoms with Crippen LogP contribution in [-0.4, -0.2) is 117 Å². The molecule has 0 spiro atoms. The van der Waals surface area contributed by atoms with E-state index in [0.29, 0.717) is 33.2 Å². The van der Waals surface area contributed by atoms with Crippen LogP contribution in [0.25, 0.3) is 31.3 Å². The molecule has 568 valence electrons. The lowest BCUT2D eigenvalue weighted by atomic mass is 9.82. The number of likely N-dealkylation sites (tertiary alicyclic amines) is 2. The number of quaternary nitrogens is 1. The van der Waals surface area contributed by atoms with Crippen molar-refractivity contribution in [1.29, 1.82) is 0 Å². The number of hydrogen-bond donors (Lipinski definition) is 3. The molecule has 3 N–H and O–H groups in total. The number of carbonyl (C=O) groups excluding carboxylic acids is 5. The average Bonchev–Trinajstić information content (AvgIpc) is 1.68. The maximum absolute atomic E-state index is 14.3. The second-order valence-electron chi connectivity index (χ2n) is 30.5. The standard InChI is InChI=1S/C32H38N2O3S.C31H36N2O3S.C25H32N2O3S.ClH/c1-23-13-15-26(16-14-23)31(35)34(27-17-19-33(20-18-27)22-24-9-5-3-6-10-24)28-21-29(25-11-7-4-8-12-25)38-30(28)32(36)37-2;1-22-12-14-25(15-13-22)30(34)33(26-16-18-32(19-17-26)21-23-8-4-2-5-9-23)27-20-28(37-29(27)31(35)36)24-10-6-3-7-11-24;1-17-8-10-19(11-9-17)24(28)27(20-12-14-26-15-13-20)21-16-22(18-6-4-3-5-7-18)31-23(21)25(29)30-2;/h3-12,21,23,26-27H,13-20,22H2,1-2H3;2-11,20,22,25-26H,12-19,21H2,1H3,(H,35,36);3-7,16-17,19-20,26H,8-15H2,1-2H3;1H. The van der Waals surface area contributed by atoms with Gasteiger partial charge in [0.05, 0.1) is 44.4 Å². The third-order valence-corrected chi connectivity index (χ3v) is 26.5. The van der Waals surface area contributed by atoms with Gasteiger partial charge < -0.3 is 51.9 Å². The number of methoxy groups -OCH3 is 2. The Hall–Kier alpha value is -7.81. The Morgan fingerprint density at radius 1 is 0.430 bits per heavy atom. The minimum absolute atomic E-state index is 0. The highest BCUT2D eigenvalue weighted by atomic mass is 35.5. The van der Waals surface area contributed by atoms with Gasteiger partial charge in [0.1, 0.15) is 21.2 Å². The molecule has 6 aliphatic rings. The molecule has 3 saturated carbocycles. The number of nitrogens with one attached hydrogen (secondary N) is 2. The van der Waals surface area contributed by atoms with Gasteiger partial charge in [-0.2, -0.15) is 0 Å². The van der Waals surface area contributed by atoms with E-state index in [0.717, 1.165) is 211 Å². The molecule has 6 fully saturated rings. The molecule has 107 heavy (non-hydrogen) atoms. The number of anilines is 3. The number of esters is 2. The second-order valence-corrected chi connectivity index (χ2v) is 33.6. The zero-order valence-electron chi connectivity index (χ0n) is 62.9. The van der Waals surface area contributed by atoms with Crippen LogP contribution in [0.2, 0.25) is 0 Å². The summed E-state index contributed by atoms with van der Waals surface area (Å²) in [4.78, 5) is 94.5. The zero-order valence-corrected chi connectivity index (χ0v) is 66.1. The van der Waals surface area contributed by atoms with Crippen molar-refractivity contribution in [2.75, 3.05) is 68.2 Å². The highest BCUT2D eigenvalue weighted by molar-refractivity contribution is 7.18. The summed E-state index contributed by atoms with van der Waals surface area (Å²) in [7, 11) is 2.83. The van der Waals surface area contributed by atoms with Crippen LogP contribution in [0.3, 0.4) is 0 Å². The first-order chi connectivity index (χ1) is 51.6. The molecule has 3 saturated heterocycles. The summed E-state index contributed by atoms with van der Waals surface area (Å²) < 4.78 is 10.3. The number of ether oxygens (including phenoxy) is 2. The van der Waals surface area contributed by atoms with Crippen LogP contribution in [0.1, 0.15) is 176 Å². The summed E-state index contributed by atoms with van der Waals surface area (Å²) in [5.74, 6) is 0.842. The molecular weight excluding hydrogens is 1420 g/mol. The molecule has 8 aromatic rings. The van der Waals surface area contributed by atoms with Crippen molar-refractivity contribution in [3.8, 4) is 31.3 Å². The van der Waals surface area contributed by atoms with Crippen LogP contribution >= 0.6 is 34.0 Å². The van der Waals surface area contributed by atoms with Gasteiger partial charge in [0.15, 0.2) is 0 Å². The molecule has 5 aromatic carbocycles. The monoisotopic (exact) mass is 1520 g/mol. The fraction of sp³-hybridized carbons (Fsp3) is 0.455. The molecular formula is C88H107ClN6O9S3. The number of piperidine rings is 3. The maximum Gasteiger partial charge on any atom is 0.350 e. The predicted octanol–water partition coefficient (Wildman–Crippen LogP) is 14.7. The van der Waals surface area contributed by atoms with E-state index in [1.54, 1.807) is 0 Å². The predicted molar refractivity (Wildman–Crippen MR) is 429 cm³/mol. The van der Waals surface area contributed by atoms with E-state index >= 15 is 0 Å². The van der Waals surface area contributed by atoms with Crippen molar-refractivity contribution >= 4 is 86.7 Å². The molecule has 15 nitrogen and oxygen atoms in total. The van der Waals surface area contributed by atoms with E-state index in [1.807, 2.05) is 130 Å². The summed E-state index contributed by atoms with van der Waals surface area (Å²) in [6, 6.07) is 57.4. The van der Waals surface area contributed by atoms with Gasteiger partial charge in [-0.1, -0.05) is 172 Å². The van der Waals surface area contributed by atoms with E-state index in [9.17, 15) is 33.9 Å². The number of nitrogens with zero attached hydrogens (tertiary/aromatic N) is 4. The number of carbonyl (C=O) groups is 6. The van der Waals surface area contributed by atoms with E-state index in [4.69, 9.17) is 9.47 Å². The molecule has 14 rings (SSSR count). The number of carboxylic acids is 1. The van der Waals surface area contributed by atoms with Gasteiger partial charge >= 0.3 is 17.9 Å². The first-order valence-electron chi connectivity index (χ1n) is 38.9. The first kappa shape index (κ1) is 80.2. The molecule has 0 atom stereocenters. The van der Waals surface area contributed by atoms with Gasteiger partial charge in [-0.15, -0.1) is 34.0 Å². The molecule has 0 unspecified atom stereocenters. The van der Waals surface area contributed by atoms with E-state index in [2.05, 4.69) is 85.6 Å². The topological polar surface area (TPSA) is 171 Å². The number of hydrogen-bond acceptors (Lipinski definition) is 13. The van der Waals surface area contributed by atoms with Crippen molar-refractivity contribution in [2.45, 2.75) is 168 Å². The van der Waals surface area contributed by atoms with Crippen molar-refractivity contribution < 1.29 is 60.7 Å². The molecule has 3 aliphatic heterocycles. The fourth-order valence-electron chi connectivity index (χ4n) is 16.7. The molecule has 0 radical (unpaired) electrons. The normalized spacial score (nSPS) is 22.0. The summed E-state index contributed by atoms with van der Waals surface area (Å²) >= 11 is 4.12. The van der Waals surface area contributed by atoms with Gasteiger partial charge in [0, 0.05) is 88.6 Å². The van der Waals surface area contributed by atoms with Gasteiger partial charge in [-0.25, -0.2) is 14.4 Å². The van der Waals surface area contributed by atoms with Crippen LogP contribution in [-0.2, 0) is 36.9 Å². The van der Waals surface area contributed by atoms with E-state index in [1.165, 1.54) is 64.3 Å². The molecule has 19 heteroatoms. The number of amides is 3. The number of halogens is 1. The van der Waals surface area contributed by atoms with Crippen LogP contribution in [0, 0.1) is 35.5 Å². The number of carboxylic acid groups (broad SMARTS) is 1. The summed E-state index contributed by atoms with van der Waals surface area (Å²) in [6.45, 7) is 14.3. The van der Waals surface area contributed by atoms with Gasteiger partial charge in [-0.05, 0) is 174 Å². The lowest BCUT2D eigenvalue weighted by molar-refractivity contribution is -0.918. The Labute approximate surface area is 651 Å². The van der Waals surface area contributed by atoms with Crippen LogP contribution < -0.4 is 37.3 Å². The Morgan fingerprint density at radius 3 is 1.10 bits per heavy atom. The highest BCUT2D eigenvalue weighted by Crippen LogP contribution is 2.45. The van der Waals surface area contributed by atoms with Crippen LogP contribution in [0.4, 0.5) is 17.1 Å². The van der Waals surface area contributed by atoms with Crippen molar-refractivity contribution in [3.63, 3.8) is 0 Å². The molecule has 3 aromatic heterocycles. The lowest BCUT2D eigenvalue weighted by Crippen LogP contribution is -3.12. The number of benzene rings is 5. The lowest BCUT2D eigenvalue weighted by Gasteiger charge is -2.40. The van der Waals surface area contributed by atoms with Crippen LogP contribution in [0.15, 0.2) is 170 Å². The third-order valence-electron chi connectivity index (χ3n) is 23.0. The quantitative estimate of drug-likeness (QED) is 0.0658. The number of thiophene rings is 3. The largest absolute Gasteiger partial charge is 1.00 e. The Kier molecular flexibility index (Phi) is 29.2. The fourth-order valence-corrected chi connectivity index (χ4v) is 19.9. The molecule has 6 heterocycles. The smallest absolute Gasteiger partial charge is 0.350 e. The highest BCUT2D eigenvalue weighted by Gasteiger charge is 2.42. The number of rotatable bonds is 19. The third kappa shape index (κ3) is 20.6. The Bertz CT molecular complexity index is 4150. The van der Waals surface area contributed by atoms with E-state index < -0.39 is 5.97 Å². The van der Waals surface area contributed by atoms with Crippen molar-refractivity contribution in [1.82, 2.24) is 10.2 Å². The summed E-state index contributed by atoms with van der Waals surface area (Å²) in [6.07, 6.45) is 17.3. The van der Waals surface area contributed by atoms with Crippen molar-refractivity contribution in [2.24, 2.45) is 35.5 Å². The molecule has 3 aliphatic carbocycles. The molecule has 3 amide bonds. The minimum Gasteiger partial charge on any atom is -1.00 e. The average molecular weight is 1520 g/mol. The maximum atomic E-state index is 14.3. The number of aromatic carboxylic acids is 1. The Balaban J connectivity index is 0.000000160. The van der Waals surface area contributed by atoms with Gasteiger partial charge in [0.2, 0.25) is 17.7 Å².